The second-order valence-corrected chi connectivity index (χ2v) is 5.43. The molecular weight excluding hydrogens is 302 g/mol. The Balaban J connectivity index is 2.38. The van der Waals surface area contributed by atoms with Crippen molar-refractivity contribution in [3.8, 4) is 16.9 Å². The molecule has 0 saturated heterocycles. The number of rotatable bonds is 6. The lowest BCUT2D eigenvalue weighted by Gasteiger charge is -2.15. The highest BCUT2D eigenvalue weighted by molar-refractivity contribution is 5.83. The Labute approximate surface area is 140 Å². The molecule has 0 aliphatic carbocycles. The summed E-state index contributed by atoms with van der Waals surface area (Å²) in [5.41, 5.74) is 2.53. The van der Waals surface area contributed by atoms with Gasteiger partial charge in [-0.2, -0.15) is 0 Å². The van der Waals surface area contributed by atoms with E-state index in [9.17, 15) is 9.59 Å². The molecule has 24 heavy (non-hydrogen) atoms. The van der Waals surface area contributed by atoms with E-state index in [0.29, 0.717) is 24.3 Å². The zero-order valence-electron chi connectivity index (χ0n) is 13.5. The lowest BCUT2D eigenvalue weighted by atomic mass is 10.1. The Morgan fingerprint density at radius 2 is 1.62 bits per heavy atom. The molecule has 2 aromatic carbocycles. The number of aromatic nitrogens is 2. The van der Waals surface area contributed by atoms with Gasteiger partial charge < -0.3 is 5.32 Å². The number of benzene rings is 2. The van der Waals surface area contributed by atoms with Crippen molar-refractivity contribution in [1.29, 1.82) is 0 Å². The average Bonchev–Trinajstić information content (AvgIpc) is 2.90. The molecule has 3 rings (SSSR count). The number of hydrogen-bond acceptors (Lipinski definition) is 2. The van der Waals surface area contributed by atoms with Gasteiger partial charge in [0, 0.05) is 12.1 Å². The van der Waals surface area contributed by atoms with Crippen molar-refractivity contribution < 1.29 is 4.79 Å². The average molecular weight is 321 g/mol. The Kier molecular flexibility index (Phi) is 4.61. The van der Waals surface area contributed by atoms with Gasteiger partial charge in [0.2, 0.25) is 6.41 Å². The summed E-state index contributed by atoms with van der Waals surface area (Å²) in [7, 11) is 0. The minimum Gasteiger partial charge on any atom is -0.322 e. The fraction of sp³-hybridized carbons (Fsp3) is 0.158. The third kappa shape index (κ3) is 2.76. The third-order valence-corrected chi connectivity index (χ3v) is 3.82. The number of carbonyl (C=O) groups is 1. The van der Waals surface area contributed by atoms with Crippen molar-refractivity contribution in [3.63, 3.8) is 0 Å². The molecule has 1 amide bonds. The molecule has 1 aromatic heterocycles. The molecule has 0 atom stereocenters. The van der Waals surface area contributed by atoms with Gasteiger partial charge in [-0.25, -0.2) is 9.36 Å². The van der Waals surface area contributed by atoms with E-state index in [1.807, 2.05) is 72.3 Å². The Morgan fingerprint density at radius 1 is 1.00 bits per heavy atom. The van der Waals surface area contributed by atoms with Crippen LogP contribution in [-0.2, 0) is 11.3 Å². The van der Waals surface area contributed by atoms with Crippen LogP contribution in [0.5, 0.6) is 0 Å². The summed E-state index contributed by atoms with van der Waals surface area (Å²) in [5, 5.41) is 2.60. The quantitative estimate of drug-likeness (QED) is 0.708. The van der Waals surface area contributed by atoms with Gasteiger partial charge in [0.1, 0.15) is 5.69 Å². The molecule has 0 bridgehead atoms. The Morgan fingerprint density at radius 3 is 2.21 bits per heavy atom. The maximum absolute atomic E-state index is 12.9. The number of nitrogens with one attached hydrogen (secondary N) is 1. The molecule has 3 aromatic rings. The summed E-state index contributed by atoms with van der Waals surface area (Å²) >= 11 is 0. The fourth-order valence-electron chi connectivity index (χ4n) is 2.85. The molecule has 0 spiro atoms. The molecule has 5 heteroatoms. The van der Waals surface area contributed by atoms with Crippen LogP contribution >= 0.6 is 0 Å². The van der Waals surface area contributed by atoms with Gasteiger partial charge in [-0.15, -0.1) is 0 Å². The molecule has 122 valence electrons. The van der Waals surface area contributed by atoms with Crippen molar-refractivity contribution in [1.82, 2.24) is 9.36 Å². The number of nitrogens with zero attached hydrogens (tertiary/aromatic N) is 2. The Bertz CT molecular complexity index is 880. The van der Waals surface area contributed by atoms with Crippen LogP contribution in [0.1, 0.15) is 13.3 Å². The van der Waals surface area contributed by atoms with E-state index < -0.39 is 0 Å². The predicted molar refractivity (Wildman–Crippen MR) is 95.4 cm³/mol. The van der Waals surface area contributed by atoms with Gasteiger partial charge in [-0.05, 0) is 18.6 Å². The van der Waals surface area contributed by atoms with E-state index in [2.05, 4.69) is 5.32 Å². The van der Waals surface area contributed by atoms with Crippen molar-refractivity contribution in [2.45, 2.75) is 19.9 Å². The van der Waals surface area contributed by atoms with E-state index in [0.717, 1.165) is 17.7 Å². The number of carbonyl (C=O) groups excluding carboxylic acids is 1. The maximum Gasteiger partial charge on any atom is 0.291 e. The van der Waals surface area contributed by atoms with Crippen LogP contribution in [0.25, 0.3) is 16.9 Å². The minimum atomic E-state index is -0.202. The fourth-order valence-corrected chi connectivity index (χ4v) is 2.85. The molecule has 1 N–H and O–H groups in total. The zero-order valence-corrected chi connectivity index (χ0v) is 13.5. The summed E-state index contributed by atoms with van der Waals surface area (Å²) in [5.74, 6) is 0. The third-order valence-electron chi connectivity index (χ3n) is 3.82. The topological polar surface area (TPSA) is 56.0 Å². The highest BCUT2D eigenvalue weighted by Gasteiger charge is 2.21. The van der Waals surface area contributed by atoms with Gasteiger partial charge in [0.05, 0.1) is 11.4 Å². The van der Waals surface area contributed by atoms with E-state index >= 15 is 0 Å². The second kappa shape index (κ2) is 7.00. The SMILES string of the molecule is CCCn1c(=O)c(NC=O)c(-c2ccccc2)n1-c1ccccc1. The van der Waals surface area contributed by atoms with Crippen LogP contribution in [0.15, 0.2) is 65.5 Å². The number of anilines is 1. The first-order valence-electron chi connectivity index (χ1n) is 7.94. The van der Waals surface area contributed by atoms with Crippen LogP contribution in [0.4, 0.5) is 5.69 Å². The van der Waals surface area contributed by atoms with Gasteiger partial charge in [-0.1, -0.05) is 55.5 Å². The van der Waals surface area contributed by atoms with E-state index in [1.165, 1.54) is 0 Å². The number of amides is 1. The maximum atomic E-state index is 12.9. The lowest BCUT2D eigenvalue weighted by molar-refractivity contribution is -0.105. The first kappa shape index (κ1) is 15.8. The van der Waals surface area contributed by atoms with E-state index in [1.54, 1.807) is 4.68 Å². The van der Waals surface area contributed by atoms with Crippen molar-refractivity contribution in [3.05, 3.63) is 71.0 Å². The first-order valence-corrected chi connectivity index (χ1v) is 7.94. The highest BCUT2D eigenvalue weighted by Crippen LogP contribution is 2.29. The number of hydrogen-bond donors (Lipinski definition) is 1. The van der Waals surface area contributed by atoms with Crippen molar-refractivity contribution in [2.24, 2.45) is 0 Å². The summed E-state index contributed by atoms with van der Waals surface area (Å²) < 4.78 is 3.55. The zero-order chi connectivity index (χ0) is 16.9. The van der Waals surface area contributed by atoms with Crippen LogP contribution < -0.4 is 10.9 Å². The molecule has 0 saturated carbocycles. The summed E-state index contributed by atoms with van der Waals surface area (Å²) in [4.78, 5) is 23.9. The van der Waals surface area contributed by atoms with Gasteiger partial charge in [0.25, 0.3) is 5.56 Å². The summed E-state index contributed by atoms with van der Waals surface area (Å²) in [6.07, 6.45) is 1.36. The second-order valence-electron chi connectivity index (χ2n) is 5.43. The van der Waals surface area contributed by atoms with Gasteiger partial charge in [0.15, 0.2) is 0 Å². The van der Waals surface area contributed by atoms with Crippen LogP contribution in [0, 0.1) is 0 Å². The molecule has 0 aliphatic heterocycles. The van der Waals surface area contributed by atoms with Gasteiger partial charge in [-0.3, -0.25) is 9.59 Å². The van der Waals surface area contributed by atoms with Crippen LogP contribution in [-0.4, -0.2) is 15.8 Å². The summed E-state index contributed by atoms with van der Waals surface area (Å²) in [6.45, 7) is 2.58. The van der Waals surface area contributed by atoms with Crippen LogP contribution in [0.2, 0.25) is 0 Å². The molecule has 0 radical (unpaired) electrons. The molecule has 0 unspecified atom stereocenters. The van der Waals surface area contributed by atoms with Crippen molar-refractivity contribution >= 4 is 12.1 Å². The molecular formula is C19H19N3O2. The largest absolute Gasteiger partial charge is 0.322 e. The minimum absolute atomic E-state index is 0.202. The monoisotopic (exact) mass is 321 g/mol. The van der Waals surface area contributed by atoms with E-state index in [4.69, 9.17) is 0 Å². The van der Waals surface area contributed by atoms with Crippen molar-refractivity contribution in [2.75, 3.05) is 5.32 Å². The summed E-state index contributed by atoms with van der Waals surface area (Å²) in [6, 6.07) is 19.3. The predicted octanol–water partition coefficient (Wildman–Crippen LogP) is 3.28. The smallest absolute Gasteiger partial charge is 0.291 e. The van der Waals surface area contributed by atoms with Crippen LogP contribution in [0.3, 0.4) is 0 Å². The first-order chi connectivity index (χ1) is 11.8. The molecule has 1 heterocycles. The molecule has 0 aliphatic rings. The molecule has 0 fully saturated rings. The van der Waals surface area contributed by atoms with E-state index in [-0.39, 0.29) is 5.56 Å². The number of para-hydroxylation sites is 1. The lowest BCUT2D eigenvalue weighted by Crippen LogP contribution is -2.23. The highest BCUT2D eigenvalue weighted by atomic mass is 16.1. The Hall–Kier alpha value is -3.08. The van der Waals surface area contributed by atoms with Gasteiger partial charge >= 0.3 is 0 Å². The standard InChI is InChI=1S/C19H19N3O2/c1-2-13-21-19(24)17(20-14-23)18(15-9-5-3-6-10-15)22(21)16-11-7-4-8-12-16/h3-12,14H,2,13H2,1H3,(H,20,23). The molecule has 5 nitrogen and oxygen atoms in total. The normalized spacial score (nSPS) is 10.5.